The van der Waals surface area contributed by atoms with Crippen LogP contribution in [0.4, 0.5) is 10.5 Å². The van der Waals surface area contributed by atoms with Gasteiger partial charge in [0.05, 0.1) is 10.6 Å². The third kappa shape index (κ3) is 6.05. The van der Waals surface area contributed by atoms with Gasteiger partial charge in [-0.3, -0.25) is 9.89 Å². The third-order valence-electron chi connectivity index (χ3n) is 4.42. The highest BCUT2D eigenvalue weighted by Gasteiger charge is 2.21. The Hall–Kier alpha value is -3.39. The fraction of sp³-hybridized carbons (Fsp3) is 0.273. The zero-order valence-electron chi connectivity index (χ0n) is 17.6. The van der Waals surface area contributed by atoms with Gasteiger partial charge in [-0.1, -0.05) is 55.8 Å². The lowest BCUT2D eigenvalue weighted by Gasteiger charge is -2.17. The van der Waals surface area contributed by atoms with E-state index in [1.165, 1.54) is 0 Å². The lowest BCUT2D eigenvalue weighted by atomic mass is 10.1. The fourth-order valence-electron chi connectivity index (χ4n) is 2.90. The number of amides is 3. The number of urea groups is 1. The van der Waals surface area contributed by atoms with Crippen LogP contribution in [0, 0.1) is 12.8 Å². The van der Waals surface area contributed by atoms with Crippen molar-refractivity contribution in [3.8, 4) is 0 Å². The highest BCUT2D eigenvalue weighted by molar-refractivity contribution is 6.34. The summed E-state index contributed by atoms with van der Waals surface area (Å²) in [6, 6.07) is 13.2. The van der Waals surface area contributed by atoms with Crippen LogP contribution in [0.5, 0.6) is 0 Å². The summed E-state index contributed by atoms with van der Waals surface area (Å²) >= 11 is 6.27. The number of hydrogen-bond donors (Lipinski definition) is 4. The van der Waals surface area contributed by atoms with E-state index >= 15 is 0 Å². The second-order valence-electron chi connectivity index (χ2n) is 7.52. The van der Waals surface area contributed by atoms with Crippen LogP contribution in [-0.2, 0) is 0 Å². The van der Waals surface area contributed by atoms with Gasteiger partial charge in [0, 0.05) is 12.2 Å². The van der Waals surface area contributed by atoms with Gasteiger partial charge in [-0.2, -0.15) is 5.10 Å². The van der Waals surface area contributed by atoms with Crippen molar-refractivity contribution in [2.75, 3.05) is 11.9 Å². The Morgan fingerprint density at radius 3 is 2.48 bits per heavy atom. The number of nitrogens with one attached hydrogen (secondary N) is 4. The van der Waals surface area contributed by atoms with Crippen LogP contribution in [-0.4, -0.2) is 33.7 Å². The van der Waals surface area contributed by atoms with Gasteiger partial charge in [0.2, 0.25) is 0 Å². The van der Waals surface area contributed by atoms with Crippen molar-refractivity contribution >= 4 is 29.2 Å². The van der Waals surface area contributed by atoms with Gasteiger partial charge in [-0.05, 0) is 36.6 Å². The van der Waals surface area contributed by atoms with E-state index in [0.717, 1.165) is 5.56 Å². The molecule has 0 saturated carbocycles. The minimum absolute atomic E-state index is 0.251. The first-order valence-electron chi connectivity index (χ1n) is 9.92. The first kappa shape index (κ1) is 22.3. The van der Waals surface area contributed by atoms with Crippen molar-refractivity contribution in [2.45, 2.75) is 26.8 Å². The first-order chi connectivity index (χ1) is 14.8. The molecule has 3 aromatic rings. The van der Waals surface area contributed by atoms with Gasteiger partial charge in [-0.25, -0.2) is 9.78 Å². The fourth-order valence-corrected chi connectivity index (χ4v) is 3.17. The maximum absolute atomic E-state index is 12.7. The number of anilines is 1. The number of rotatable bonds is 7. The van der Waals surface area contributed by atoms with Crippen molar-refractivity contribution in [3.05, 3.63) is 76.3 Å². The van der Waals surface area contributed by atoms with E-state index in [1.807, 2.05) is 44.2 Å². The van der Waals surface area contributed by atoms with Crippen LogP contribution in [0.3, 0.4) is 0 Å². The largest absolute Gasteiger partial charge is 0.352 e. The van der Waals surface area contributed by atoms with Crippen LogP contribution < -0.4 is 16.0 Å². The van der Waals surface area contributed by atoms with Crippen LogP contribution in [0.1, 0.15) is 47.5 Å². The number of benzene rings is 2. The first-order valence-corrected chi connectivity index (χ1v) is 10.3. The number of aromatic amines is 1. The van der Waals surface area contributed by atoms with Crippen molar-refractivity contribution in [3.63, 3.8) is 0 Å². The Kier molecular flexibility index (Phi) is 7.25. The van der Waals surface area contributed by atoms with Gasteiger partial charge in [0.1, 0.15) is 11.9 Å². The summed E-state index contributed by atoms with van der Waals surface area (Å²) in [5, 5.41) is 15.7. The van der Waals surface area contributed by atoms with Crippen molar-refractivity contribution < 1.29 is 9.59 Å². The summed E-state index contributed by atoms with van der Waals surface area (Å²) in [5.74, 6) is 1.18. The molecule has 1 heterocycles. The number of H-pyrrole nitrogens is 1. The molecule has 4 N–H and O–H groups in total. The average molecular weight is 441 g/mol. The third-order valence-corrected chi connectivity index (χ3v) is 4.74. The molecule has 162 valence electrons. The molecular formula is C22H25ClN6O2. The Morgan fingerprint density at radius 2 is 1.87 bits per heavy atom. The second-order valence-corrected chi connectivity index (χ2v) is 7.93. The lowest BCUT2D eigenvalue weighted by molar-refractivity contribution is 0.0949. The highest BCUT2D eigenvalue weighted by Crippen LogP contribution is 2.22. The number of aryl methyl sites for hydroxylation is 1. The van der Waals surface area contributed by atoms with E-state index < -0.39 is 12.1 Å². The van der Waals surface area contributed by atoms with Gasteiger partial charge >= 0.3 is 6.03 Å². The van der Waals surface area contributed by atoms with E-state index in [1.54, 1.807) is 25.1 Å². The van der Waals surface area contributed by atoms with E-state index in [4.69, 9.17) is 11.6 Å². The molecule has 1 atom stereocenters. The number of aromatic nitrogens is 3. The number of nitrogens with zero attached hydrogens (tertiary/aromatic N) is 2. The van der Waals surface area contributed by atoms with Gasteiger partial charge < -0.3 is 16.0 Å². The molecule has 0 fully saturated rings. The minimum atomic E-state index is -0.539. The predicted molar refractivity (Wildman–Crippen MR) is 120 cm³/mol. The molecule has 0 saturated heterocycles. The molecule has 0 radical (unpaired) electrons. The second kappa shape index (κ2) is 10.1. The van der Waals surface area contributed by atoms with Crippen LogP contribution >= 0.6 is 11.6 Å². The average Bonchev–Trinajstić information content (AvgIpc) is 3.17. The molecule has 1 unspecified atom stereocenters. The lowest BCUT2D eigenvalue weighted by Crippen LogP contribution is -2.34. The molecule has 3 amide bonds. The standard InChI is InChI=1S/C22H25ClN6O2/c1-13(2)12-24-21(30)17-10-9-16(11-18(17)23)26-22(31)27-19(15-7-5-4-6-8-15)20-25-14(3)28-29-20/h4-11,13,19H,12H2,1-3H3,(H,24,30)(H,25,28,29)(H2,26,27,31). The quantitative estimate of drug-likeness (QED) is 0.443. The molecular weight excluding hydrogens is 416 g/mol. The predicted octanol–water partition coefficient (Wildman–Crippen LogP) is 4.06. The topological polar surface area (TPSA) is 112 Å². The van der Waals surface area contributed by atoms with Gasteiger partial charge in [0.25, 0.3) is 5.91 Å². The van der Waals surface area contributed by atoms with Crippen molar-refractivity contribution in [1.29, 1.82) is 0 Å². The molecule has 0 aliphatic rings. The highest BCUT2D eigenvalue weighted by atomic mass is 35.5. The SMILES string of the molecule is Cc1nc(C(NC(=O)Nc2ccc(C(=O)NCC(C)C)c(Cl)c2)c2ccccc2)n[nH]1. The van der Waals surface area contributed by atoms with E-state index in [9.17, 15) is 9.59 Å². The number of hydrogen-bond acceptors (Lipinski definition) is 4. The smallest absolute Gasteiger partial charge is 0.320 e. The van der Waals surface area contributed by atoms with Crippen molar-refractivity contribution in [1.82, 2.24) is 25.8 Å². The summed E-state index contributed by atoms with van der Waals surface area (Å²) in [6.07, 6.45) is 0. The maximum Gasteiger partial charge on any atom is 0.320 e. The normalized spacial score (nSPS) is 11.8. The Labute approximate surface area is 185 Å². The zero-order chi connectivity index (χ0) is 22.4. The molecule has 0 spiro atoms. The molecule has 1 aromatic heterocycles. The number of carbonyl (C=O) groups is 2. The molecule has 0 aliphatic heterocycles. The van der Waals surface area contributed by atoms with Gasteiger partial charge in [0.15, 0.2) is 5.82 Å². The van der Waals surface area contributed by atoms with Gasteiger partial charge in [-0.15, -0.1) is 0 Å². The van der Waals surface area contributed by atoms with Crippen LogP contribution in [0.2, 0.25) is 5.02 Å². The maximum atomic E-state index is 12.7. The van der Waals surface area contributed by atoms with E-state index in [-0.39, 0.29) is 10.9 Å². The molecule has 9 heteroatoms. The Morgan fingerprint density at radius 1 is 1.13 bits per heavy atom. The molecule has 2 aromatic carbocycles. The summed E-state index contributed by atoms with van der Waals surface area (Å²) in [4.78, 5) is 29.3. The molecule has 0 aliphatic carbocycles. The summed E-state index contributed by atoms with van der Waals surface area (Å²) < 4.78 is 0. The monoisotopic (exact) mass is 440 g/mol. The van der Waals surface area contributed by atoms with E-state index in [2.05, 4.69) is 31.1 Å². The number of halogens is 1. The summed E-state index contributed by atoms with van der Waals surface area (Å²) in [6.45, 7) is 6.37. The van der Waals surface area contributed by atoms with E-state index in [0.29, 0.717) is 35.4 Å². The van der Waals surface area contributed by atoms with Crippen LogP contribution in [0.15, 0.2) is 48.5 Å². The summed E-state index contributed by atoms with van der Waals surface area (Å²) in [5.41, 5.74) is 1.65. The Balaban J connectivity index is 1.71. The molecule has 8 nitrogen and oxygen atoms in total. The molecule has 31 heavy (non-hydrogen) atoms. The van der Waals surface area contributed by atoms with Crippen LogP contribution in [0.25, 0.3) is 0 Å². The summed E-state index contributed by atoms with van der Waals surface area (Å²) in [7, 11) is 0. The Bertz CT molecular complexity index is 1050. The molecule has 0 bridgehead atoms. The zero-order valence-corrected chi connectivity index (χ0v) is 18.3. The molecule has 3 rings (SSSR count). The number of carbonyl (C=O) groups excluding carboxylic acids is 2. The minimum Gasteiger partial charge on any atom is -0.352 e. The van der Waals surface area contributed by atoms with Crippen molar-refractivity contribution in [2.24, 2.45) is 5.92 Å².